The van der Waals surface area contributed by atoms with Gasteiger partial charge in [-0.15, -0.1) is 0 Å². The fraction of sp³-hybridized carbons (Fsp3) is 0.839. The monoisotopic (exact) mass is 470 g/mol. The first-order chi connectivity index (χ1) is 16.0. The van der Waals surface area contributed by atoms with Crippen LogP contribution in [0.1, 0.15) is 99.8 Å². The van der Waals surface area contributed by atoms with Gasteiger partial charge in [-0.25, -0.2) is 0 Å². The van der Waals surface area contributed by atoms with Crippen molar-refractivity contribution in [3.63, 3.8) is 0 Å². The van der Waals surface area contributed by atoms with E-state index in [1.54, 1.807) is 0 Å². The summed E-state index contributed by atoms with van der Waals surface area (Å²) < 4.78 is 5.58. The van der Waals surface area contributed by atoms with Gasteiger partial charge < -0.3 is 9.84 Å². The van der Waals surface area contributed by atoms with Crippen LogP contribution in [-0.2, 0) is 9.53 Å². The van der Waals surface area contributed by atoms with Gasteiger partial charge in [-0.2, -0.15) is 0 Å². The van der Waals surface area contributed by atoms with Gasteiger partial charge in [-0.1, -0.05) is 65.3 Å². The Morgan fingerprint density at radius 1 is 1.12 bits per heavy atom. The third-order valence-corrected chi connectivity index (χ3v) is 11.1. The molecule has 0 aliphatic heterocycles. The first-order valence-electron chi connectivity index (χ1n) is 14.3. The van der Waals surface area contributed by atoms with Gasteiger partial charge in [-0.05, 0) is 97.2 Å². The Morgan fingerprint density at radius 3 is 2.50 bits per heavy atom. The van der Waals surface area contributed by atoms with Gasteiger partial charge in [0.15, 0.2) is 0 Å². The molecule has 0 aromatic rings. The van der Waals surface area contributed by atoms with Crippen molar-refractivity contribution >= 4 is 5.97 Å². The summed E-state index contributed by atoms with van der Waals surface area (Å²) in [7, 11) is 0. The Morgan fingerprint density at radius 2 is 1.85 bits per heavy atom. The number of aliphatic hydroxyl groups excluding tert-OH is 1. The van der Waals surface area contributed by atoms with Gasteiger partial charge in [0.05, 0.1) is 6.10 Å². The maximum atomic E-state index is 11.5. The van der Waals surface area contributed by atoms with E-state index in [2.05, 4.69) is 59.8 Å². The molecule has 3 fully saturated rings. The van der Waals surface area contributed by atoms with Gasteiger partial charge in [0.2, 0.25) is 0 Å². The van der Waals surface area contributed by atoms with Gasteiger partial charge in [0.25, 0.3) is 0 Å². The highest BCUT2D eigenvalue weighted by Crippen LogP contribution is 2.67. The average molecular weight is 471 g/mol. The van der Waals surface area contributed by atoms with Crippen LogP contribution in [0.5, 0.6) is 0 Å². The average Bonchev–Trinajstić information content (AvgIpc) is 3.11. The molecule has 0 bridgehead atoms. The molecule has 192 valence electrons. The summed E-state index contributed by atoms with van der Waals surface area (Å²) in [6, 6.07) is 0. The third kappa shape index (κ3) is 4.44. The molecule has 1 N–H and O–H groups in total. The number of ether oxygens (including phenoxy) is 1. The summed E-state index contributed by atoms with van der Waals surface area (Å²) in [5.74, 6) is 4.03. The molecular weight excluding hydrogens is 420 g/mol. The lowest BCUT2D eigenvalue weighted by molar-refractivity contribution is -0.149. The summed E-state index contributed by atoms with van der Waals surface area (Å²) in [5.41, 5.74) is 1.83. The number of rotatable bonds is 6. The number of carbonyl (C=O) groups excluding carboxylic acids is 1. The summed E-state index contributed by atoms with van der Waals surface area (Å²) in [6.45, 7) is 15.9. The van der Waals surface area contributed by atoms with Crippen molar-refractivity contribution in [2.75, 3.05) is 0 Å². The topological polar surface area (TPSA) is 46.5 Å². The van der Waals surface area contributed by atoms with Gasteiger partial charge >= 0.3 is 5.97 Å². The van der Waals surface area contributed by atoms with E-state index in [1.807, 2.05) is 0 Å². The number of allylic oxidation sites excluding steroid dienone is 2. The lowest BCUT2D eigenvalue weighted by Gasteiger charge is -2.59. The first-order valence-corrected chi connectivity index (χ1v) is 14.3. The molecule has 34 heavy (non-hydrogen) atoms. The van der Waals surface area contributed by atoms with E-state index in [-0.39, 0.29) is 23.6 Å². The smallest absolute Gasteiger partial charge is 0.302 e. The predicted octanol–water partition coefficient (Wildman–Crippen LogP) is 7.34. The predicted molar refractivity (Wildman–Crippen MR) is 139 cm³/mol. The number of hydrogen-bond acceptors (Lipinski definition) is 3. The number of carbonyl (C=O) groups is 1. The molecular formula is C31H50O3. The van der Waals surface area contributed by atoms with Crippen molar-refractivity contribution in [2.45, 2.75) is 112 Å². The van der Waals surface area contributed by atoms with Gasteiger partial charge in [0, 0.05) is 13.3 Å². The molecule has 0 saturated heterocycles. The summed E-state index contributed by atoms with van der Waals surface area (Å²) in [4.78, 5) is 11.5. The highest BCUT2D eigenvalue weighted by atomic mass is 16.5. The molecule has 0 spiro atoms. The largest absolute Gasteiger partial charge is 0.462 e. The van der Waals surface area contributed by atoms with Crippen LogP contribution in [0.4, 0.5) is 0 Å². The number of hydrogen-bond donors (Lipinski definition) is 1. The molecule has 4 aliphatic carbocycles. The van der Waals surface area contributed by atoms with Crippen molar-refractivity contribution in [3.8, 4) is 0 Å². The van der Waals surface area contributed by atoms with Crippen LogP contribution in [0, 0.1) is 52.3 Å². The van der Waals surface area contributed by atoms with E-state index in [1.165, 1.54) is 44.6 Å². The van der Waals surface area contributed by atoms with E-state index < -0.39 is 0 Å². The molecule has 3 saturated carbocycles. The quantitative estimate of drug-likeness (QED) is 0.326. The van der Waals surface area contributed by atoms with Crippen LogP contribution < -0.4 is 0 Å². The Hall–Kier alpha value is -1.09. The highest BCUT2D eigenvalue weighted by Gasteiger charge is 2.61. The van der Waals surface area contributed by atoms with Crippen LogP contribution in [0.3, 0.4) is 0 Å². The maximum Gasteiger partial charge on any atom is 0.302 e. The highest BCUT2D eigenvalue weighted by molar-refractivity contribution is 5.66. The summed E-state index contributed by atoms with van der Waals surface area (Å²) in [6.07, 6.45) is 16.0. The molecule has 0 heterocycles. The summed E-state index contributed by atoms with van der Waals surface area (Å²) in [5, 5.41) is 11.5. The first kappa shape index (κ1) is 26.0. The Labute approximate surface area is 208 Å². The number of esters is 1. The minimum atomic E-state index is -0.358. The Kier molecular flexibility index (Phi) is 7.45. The van der Waals surface area contributed by atoms with Crippen molar-refractivity contribution in [1.82, 2.24) is 0 Å². The molecule has 10 atom stereocenters. The molecule has 3 heteroatoms. The number of fused-ring (bicyclic) bond motifs is 5. The molecule has 0 unspecified atom stereocenters. The van der Waals surface area contributed by atoms with Crippen molar-refractivity contribution in [2.24, 2.45) is 52.3 Å². The van der Waals surface area contributed by atoms with E-state index in [0.29, 0.717) is 46.8 Å². The standard InChI is InChI=1S/C31H50O3/c1-8-22(19(2)3)10-9-20(4)25-11-12-26-29-27(14-16-31(25,26)7)30(6)15-13-24(34-21(5)32)17-23(30)18-28(29)33/h9-10,18-20,22,24-29,33H,8,11-17H2,1-7H3/b10-9+/t20-,22-,24+,25-,26+,27+,28+,29+,30+,31-/m1/s1. The maximum absolute atomic E-state index is 11.5. The van der Waals surface area contributed by atoms with Crippen molar-refractivity contribution in [1.29, 1.82) is 0 Å². The van der Waals surface area contributed by atoms with Gasteiger partial charge in [0.1, 0.15) is 6.10 Å². The SMILES string of the molecule is CC[C@H](/C=C/[C@@H](C)[C@H]1CC[C@H]2[C@@H]3[C@@H](O)C=C4C[C@@H](OC(C)=O)CC[C@]4(C)[C@H]3CC[C@]12C)C(C)C. The van der Waals surface area contributed by atoms with Crippen molar-refractivity contribution < 1.29 is 14.6 Å². The van der Waals surface area contributed by atoms with E-state index in [9.17, 15) is 9.90 Å². The molecule has 0 amide bonds. The van der Waals surface area contributed by atoms with Crippen LogP contribution in [-0.4, -0.2) is 23.3 Å². The van der Waals surface area contributed by atoms with Crippen LogP contribution in [0.15, 0.2) is 23.8 Å². The second-order valence-electron chi connectivity index (χ2n) is 13.2. The van der Waals surface area contributed by atoms with Crippen molar-refractivity contribution in [3.05, 3.63) is 23.8 Å². The molecule has 3 nitrogen and oxygen atoms in total. The molecule has 0 aromatic heterocycles. The fourth-order valence-corrected chi connectivity index (χ4v) is 9.14. The van der Waals surface area contributed by atoms with E-state index in [4.69, 9.17) is 4.74 Å². The molecule has 4 rings (SSSR count). The minimum Gasteiger partial charge on any atom is -0.462 e. The lowest BCUT2D eigenvalue weighted by atomic mass is 9.46. The third-order valence-electron chi connectivity index (χ3n) is 11.1. The zero-order valence-electron chi connectivity index (χ0n) is 22.8. The zero-order chi connectivity index (χ0) is 24.8. The Bertz CT molecular complexity index is 811. The minimum absolute atomic E-state index is 0.0179. The normalized spacial score (nSPS) is 43.6. The van der Waals surface area contributed by atoms with Crippen LogP contribution >= 0.6 is 0 Å². The molecule has 0 aromatic carbocycles. The summed E-state index contributed by atoms with van der Waals surface area (Å²) >= 11 is 0. The van der Waals surface area contributed by atoms with Gasteiger partial charge in [-0.3, -0.25) is 4.79 Å². The second kappa shape index (κ2) is 9.75. The van der Waals surface area contributed by atoms with E-state index >= 15 is 0 Å². The number of aliphatic hydroxyl groups is 1. The molecule has 0 radical (unpaired) electrons. The molecule has 4 aliphatic rings. The second-order valence-corrected chi connectivity index (χ2v) is 13.2. The van der Waals surface area contributed by atoms with Crippen LogP contribution in [0.25, 0.3) is 0 Å². The lowest BCUT2D eigenvalue weighted by Crippen LogP contribution is -2.55. The Balaban J connectivity index is 1.54. The zero-order valence-corrected chi connectivity index (χ0v) is 22.8. The van der Waals surface area contributed by atoms with Crippen LogP contribution in [0.2, 0.25) is 0 Å². The fourth-order valence-electron chi connectivity index (χ4n) is 9.14. The van der Waals surface area contributed by atoms with E-state index in [0.717, 1.165) is 19.3 Å².